The number of thiazole rings is 1. The Hall–Kier alpha value is -3.06. The molecule has 6 nitrogen and oxygen atoms in total. The predicted octanol–water partition coefficient (Wildman–Crippen LogP) is 3.92. The van der Waals surface area contributed by atoms with Crippen LogP contribution in [0.25, 0.3) is 0 Å². The first-order valence-corrected chi connectivity index (χ1v) is 8.05. The molecule has 1 amide bonds. The van der Waals surface area contributed by atoms with Gasteiger partial charge in [0.05, 0.1) is 0 Å². The third kappa shape index (κ3) is 3.02. The molecule has 0 bridgehead atoms. The summed E-state index contributed by atoms with van der Waals surface area (Å²) in [5, 5.41) is 4.85. The van der Waals surface area contributed by atoms with Crippen LogP contribution in [0.3, 0.4) is 0 Å². The number of carbonyl (C=O) groups excluding carboxylic acids is 1. The number of benzene rings is 2. The minimum atomic E-state index is -0.312. The van der Waals surface area contributed by atoms with Gasteiger partial charge in [-0.3, -0.25) is 4.79 Å². The van der Waals surface area contributed by atoms with Crippen molar-refractivity contribution in [1.82, 2.24) is 4.98 Å². The Morgan fingerprint density at radius 2 is 1.96 bits per heavy atom. The van der Waals surface area contributed by atoms with E-state index in [9.17, 15) is 4.79 Å². The number of nitrogens with zero attached hydrogens (tertiary/aromatic N) is 1. The predicted molar refractivity (Wildman–Crippen MR) is 89.1 cm³/mol. The molecule has 3 aromatic rings. The molecule has 0 unspecified atom stereocenters. The molecule has 24 heavy (non-hydrogen) atoms. The summed E-state index contributed by atoms with van der Waals surface area (Å²) < 4.78 is 16.1. The third-order valence-corrected chi connectivity index (χ3v) is 4.01. The lowest BCUT2D eigenvalue weighted by Gasteiger charge is -2.04. The van der Waals surface area contributed by atoms with Crippen molar-refractivity contribution in [2.24, 2.45) is 0 Å². The molecule has 2 heterocycles. The van der Waals surface area contributed by atoms with Gasteiger partial charge in [-0.05, 0) is 24.3 Å². The van der Waals surface area contributed by atoms with Crippen molar-refractivity contribution in [3.05, 3.63) is 59.6 Å². The van der Waals surface area contributed by atoms with Gasteiger partial charge in [0.15, 0.2) is 11.5 Å². The molecule has 120 valence electrons. The van der Waals surface area contributed by atoms with E-state index in [4.69, 9.17) is 14.2 Å². The van der Waals surface area contributed by atoms with Crippen LogP contribution in [0.4, 0.5) is 5.69 Å². The first-order chi connectivity index (χ1) is 11.8. The molecule has 2 aromatic carbocycles. The van der Waals surface area contributed by atoms with E-state index in [1.165, 1.54) is 11.3 Å². The largest absolute Gasteiger partial charge is 0.454 e. The molecule has 1 aromatic heterocycles. The zero-order valence-corrected chi connectivity index (χ0v) is 13.2. The fourth-order valence-corrected chi connectivity index (χ4v) is 2.83. The van der Waals surface area contributed by atoms with Gasteiger partial charge in [-0.2, -0.15) is 4.98 Å². The van der Waals surface area contributed by atoms with Gasteiger partial charge < -0.3 is 19.5 Å². The van der Waals surface area contributed by atoms with Gasteiger partial charge in [-0.1, -0.05) is 29.5 Å². The molecule has 0 aliphatic carbocycles. The average molecular weight is 340 g/mol. The number of amides is 1. The van der Waals surface area contributed by atoms with E-state index < -0.39 is 0 Å². The molecular weight excluding hydrogens is 328 g/mol. The van der Waals surface area contributed by atoms with Gasteiger partial charge >= 0.3 is 0 Å². The van der Waals surface area contributed by atoms with Gasteiger partial charge in [-0.15, -0.1) is 0 Å². The number of carbonyl (C=O) groups is 1. The molecule has 1 aliphatic heterocycles. The van der Waals surface area contributed by atoms with Crippen LogP contribution in [0.2, 0.25) is 0 Å². The Labute approximate surface area is 141 Å². The number of fused-ring (bicyclic) bond motifs is 1. The van der Waals surface area contributed by atoms with E-state index in [0.29, 0.717) is 33.8 Å². The lowest BCUT2D eigenvalue weighted by Crippen LogP contribution is -2.12. The van der Waals surface area contributed by atoms with Crippen molar-refractivity contribution in [1.29, 1.82) is 0 Å². The SMILES string of the molecule is O=C(Nc1ccc2c(c1)OCO2)c1csc(Oc2ccccc2)n1. The Morgan fingerprint density at radius 1 is 1.12 bits per heavy atom. The zero-order valence-electron chi connectivity index (χ0n) is 12.4. The van der Waals surface area contributed by atoms with Crippen LogP contribution >= 0.6 is 11.3 Å². The van der Waals surface area contributed by atoms with Crippen LogP contribution in [0, 0.1) is 0 Å². The van der Waals surface area contributed by atoms with Crippen molar-refractivity contribution < 1.29 is 19.0 Å². The minimum Gasteiger partial charge on any atom is -0.454 e. The Balaban J connectivity index is 1.45. The molecule has 1 N–H and O–H groups in total. The number of aromatic nitrogens is 1. The maximum atomic E-state index is 12.3. The van der Waals surface area contributed by atoms with Gasteiger partial charge in [0.1, 0.15) is 11.4 Å². The second-order valence-corrected chi connectivity index (χ2v) is 5.76. The van der Waals surface area contributed by atoms with E-state index in [1.54, 1.807) is 23.6 Å². The van der Waals surface area contributed by atoms with Gasteiger partial charge in [0, 0.05) is 17.1 Å². The highest BCUT2D eigenvalue weighted by Crippen LogP contribution is 2.34. The summed E-state index contributed by atoms with van der Waals surface area (Å²) in [6.45, 7) is 0.193. The van der Waals surface area contributed by atoms with Crippen molar-refractivity contribution in [2.45, 2.75) is 0 Å². The number of ether oxygens (including phenoxy) is 3. The van der Waals surface area contributed by atoms with Crippen molar-refractivity contribution in [2.75, 3.05) is 12.1 Å². The fraction of sp³-hybridized carbons (Fsp3) is 0.0588. The highest BCUT2D eigenvalue weighted by Gasteiger charge is 2.16. The van der Waals surface area contributed by atoms with E-state index >= 15 is 0 Å². The maximum Gasteiger partial charge on any atom is 0.279 e. The van der Waals surface area contributed by atoms with Crippen LogP contribution in [0.15, 0.2) is 53.9 Å². The van der Waals surface area contributed by atoms with Crippen LogP contribution in [0.1, 0.15) is 10.5 Å². The lowest BCUT2D eigenvalue weighted by atomic mass is 10.2. The van der Waals surface area contributed by atoms with Crippen LogP contribution in [0.5, 0.6) is 22.4 Å². The Bertz CT molecular complexity index is 879. The summed E-state index contributed by atoms with van der Waals surface area (Å²) in [6.07, 6.45) is 0. The summed E-state index contributed by atoms with van der Waals surface area (Å²) in [5.74, 6) is 1.64. The number of hydrogen-bond donors (Lipinski definition) is 1. The monoisotopic (exact) mass is 340 g/mol. The second-order valence-electron chi connectivity index (χ2n) is 4.94. The topological polar surface area (TPSA) is 69.7 Å². The second kappa shape index (κ2) is 6.21. The maximum absolute atomic E-state index is 12.3. The lowest BCUT2D eigenvalue weighted by molar-refractivity contribution is 0.102. The molecule has 0 saturated heterocycles. The number of para-hydroxylation sites is 1. The molecule has 4 rings (SSSR count). The molecule has 7 heteroatoms. The highest BCUT2D eigenvalue weighted by molar-refractivity contribution is 7.11. The summed E-state index contributed by atoms with van der Waals surface area (Å²) in [5.41, 5.74) is 0.909. The molecule has 0 radical (unpaired) electrons. The van der Waals surface area contributed by atoms with E-state index in [1.807, 2.05) is 30.3 Å². The smallest absolute Gasteiger partial charge is 0.279 e. The first-order valence-electron chi connectivity index (χ1n) is 7.17. The normalized spacial score (nSPS) is 12.0. The zero-order chi connectivity index (χ0) is 16.4. The van der Waals surface area contributed by atoms with Crippen molar-refractivity contribution in [3.8, 4) is 22.4 Å². The molecule has 0 spiro atoms. The number of nitrogens with one attached hydrogen (secondary N) is 1. The van der Waals surface area contributed by atoms with Crippen LogP contribution < -0.4 is 19.5 Å². The summed E-state index contributed by atoms with van der Waals surface area (Å²) in [7, 11) is 0. The fourth-order valence-electron chi connectivity index (χ4n) is 2.17. The van der Waals surface area contributed by atoms with Crippen molar-refractivity contribution >= 4 is 22.9 Å². The Kier molecular flexibility index (Phi) is 3.76. The molecule has 0 saturated carbocycles. The summed E-state index contributed by atoms with van der Waals surface area (Å²) >= 11 is 1.26. The first kappa shape index (κ1) is 14.5. The molecule has 0 atom stereocenters. The summed E-state index contributed by atoms with van der Waals surface area (Å²) in [6, 6.07) is 14.5. The summed E-state index contributed by atoms with van der Waals surface area (Å²) in [4.78, 5) is 16.5. The van der Waals surface area contributed by atoms with E-state index in [2.05, 4.69) is 10.3 Å². The Morgan fingerprint density at radius 3 is 2.83 bits per heavy atom. The molecular formula is C17H12N2O4S. The number of rotatable bonds is 4. The van der Waals surface area contributed by atoms with E-state index in [0.717, 1.165) is 0 Å². The van der Waals surface area contributed by atoms with Gasteiger partial charge in [0.2, 0.25) is 6.79 Å². The average Bonchev–Trinajstić information content (AvgIpc) is 3.24. The van der Waals surface area contributed by atoms with Gasteiger partial charge in [0.25, 0.3) is 11.1 Å². The number of anilines is 1. The van der Waals surface area contributed by atoms with Crippen LogP contribution in [-0.2, 0) is 0 Å². The standard InChI is InChI=1S/C17H12N2O4S/c20-16(18-11-6-7-14-15(8-11)22-10-21-14)13-9-24-17(19-13)23-12-4-2-1-3-5-12/h1-9H,10H2,(H,18,20). The van der Waals surface area contributed by atoms with Crippen LogP contribution in [-0.4, -0.2) is 17.7 Å². The van der Waals surface area contributed by atoms with Crippen molar-refractivity contribution in [3.63, 3.8) is 0 Å². The minimum absolute atomic E-state index is 0.193. The number of hydrogen-bond acceptors (Lipinski definition) is 6. The quantitative estimate of drug-likeness (QED) is 0.779. The highest BCUT2D eigenvalue weighted by atomic mass is 32.1. The van der Waals surface area contributed by atoms with Gasteiger partial charge in [-0.25, -0.2) is 0 Å². The van der Waals surface area contributed by atoms with E-state index in [-0.39, 0.29) is 12.7 Å². The molecule has 1 aliphatic rings. The molecule has 0 fully saturated rings. The third-order valence-electron chi connectivity index (χ3n) is 3.29.